The number of nitrogens with zero attached hydrogens (tertiary/aromatic N) is 1. The monoisotopic (exact) mass is 535 g/mol. The molecule has 202 valence electrons. The molecule has 2 aliphatic heterocycles. The van der Waals surface area contributed by atoms with Crippen LogP contribution in [0.2, 0.25) is 0 Å². The molecule has 0 spiro atoms. The molecule has 6 unspecified atom stereocenters. The highest BCUT2D eigenvalue weighted by Gasteiger charge is 2.42. The fourth-order valence-corrected chi connectivity index (χ4v) is 4.87. The van der Waals surface area contributed by atoms with Crippen molar-refractivity contribution in [3.63, 3.8) is 0 Å². The van der Waals surface area contributed by atoms with Crippen molar-refractivity contribution in [2.75, 3.05) is 13.2 Å². The number of benzene rings is 1. The largest absolute Gasteiger partial charge is 0.394 e. The molecular formula is C25H34ClN5O6. The van der Waals surface area contributed by atoms with Gasteiger partial charge in [0.05, 0.1) is 24.4 Å². The van der Waals surface area contributed by atoms with Gasteiger partial charge < -0.3 is 31.3 Å². The van der Waals surface area contributed by atoms with Crippen LogP contribution < -0.4 is 21.3 Å². The maximum Gasteiger partial charge on any atom is 0.245 e. The number of rotatable bonds is 4. The Hall–Kier alpha value is -3.18. The van der Waals surface area contributed by atoms with E-state index in [0.29, 0.717) is 5.56 Å². The van der Waals surface area contributed by atoms with Gasteiger partial charge in [-0.3, -0.25) is 24.0 Å². The van der Waals surface area contributed by atoms with Crippen LogP contribution in [0, 0.1) is 0 Å². The topological polar surface area (TPSA) is 157 Å². The van der Waals surface area contributed by atoms with Gasteiger partial charge in [-0.25, -0.2) is 0 Å². The third kappa shape index (κ3) is 6.98. The average molecular weight is 536 g/mol. The van der Waals surface area contributed by atoms with E-state index in [0.717, 1.165) is 0 Å². The molecule has 0 saturated carbocycles. The van der Waals surface area contributed by atoms with E-state index in [4.69, 9.17) is 11.6 Å². The average Bonchev–Trinajstić information content (AvgIpc) is 3.29. The molecule has 11 nitrogen and oxygen atoms in total. The fraction of sp³-hybridized carbons (Fsp3) is 0.560. The molecule has 5 N–H and O–H groups in total. The van der Waals surface area contributed by atoms with Gasteiger partial charge in [0, 0.05) is 6.54 Å². The van der Waals surface area contributed by atoms with Crippen LogP contribution in [0.3, 0.4) is 0 Å². The molecular weight excluding hydrogens is 502 g/mol. The van der Waals surface area contributed by atoms with Crippen LogP contribution in [0.5, 0.6) is 0 Å². The lowest BCUT2D eigenvalue weighted by Gasteiger charge is -2.30. The molecule has 0 radical (unpaired) electrons. The Morgan fingerprint density at radius 1 is 0.865 bits per heavy atom. The summed E-state index contributed by atoms with van der Waals surface area (Å²) < 4.78 is 0. The highest BCUT2D eigenvalue weighted by atomic mass is 35.5. The summed E-state index contributed by atoms with van der Waals surface area (Å²) in [5, 5.41) is 19.9. The molecule has 2 saturated heterocycles. The van der Waals surface area contributed by atoms with E-state index in [1.54, 1.807) is 44.2 Å². The quantitative estimate of drug-likeness (QED) is 0.334. The van der Waals surface area contributed by atoms with E-state index in [-0.39, 0.29) is 32.2 Å². The molecule has 1 aromatic rings. The highest BCUT2D eigenvalue weighted by molar-refractivity contribution is 6.21. The van der Waals surface area contributed by atoms with Crippen LogP contribution in [-0.4, -0.2) is 82.2 Å². The SMILES string of the molecule is CCC1NC(=O)C2CC(Cl)CN2C(=O)C(CC)NC(=O)CC(c2ccccc2)NC(=O)C(CO)NC1=O. The first-order valence-corrected chi connectivity index (χ1v) is 12.9. The van der Waals surface area contributed by atoms with Crippen molar-refractivity contribution >= 4 is 41.1 Å². The van der Waals surface area contributed by atoms with Crippen molar-refractivity contribution in [2.45, 2.75) is 75.1 Å². The Bertz CT molecular complexity index is 1010. The second-order valence-electron chi connectivity index (χ2n) is 9.26. The molecule has 0 bridgehead atoms. The van der Waals surface area contributed by atoms with Gasteiger partial charge in [0.15, 0.2) is 0 Å². The maximum atomic E-state index is 13.4. The molecule has 12 heteroatoms. The van der Waals surface area contributed by atoms with Gasteiger partial charge in [0.1, 0.15) is 24.2 Å². The zero-order chi connectivity index (χ0) is 27.1. The van der Waals surface area contributed by atoms with E-state index < -0.39 is 71.7 Å². The normalized spacial score (nSPS) is 30.2. The second kappa shape index (κ2) is 12.9. The number of carbonyl (C=O) groups is 5. The van der Waals surface area contributed by atoms with Crippen LogP contribution >= 0.6 is 11.6 Å². The van der Waals surface area contributed by atoms with E-state index in [1.807, 2.05) is 0 Å². The molecule has 0 aromatic heterocycles. The third-order valence-electron chi connectivity index (χ3n) is 6.64. The Balaban J connectivity index is 1.97. The minimum absolute atomic E-state index is 0.128. The fourth-order valence-electron chi connectivity index (χ4n) is 4.55. The molecule has 0 aliphatic carbocycles. The van der Waals surface area contributed by atoms with Crippen LogP contribution in [0.15, 0.2) is 30.3 Å². The maximum absolute atomic E-state index is 13.4. The van der Waals surface area contributed by atoms with Gasteiger partial charge in [0.25, 0.3) is 0 Å². The van der Waals surface area contributed by atoms with Crippen molar-refractivity contribution in [3.05, 3.63) is 35.9 Å². The molecule has 2 aliphatic rings. The first kappa shape index (κ1) is 28.4. The molecule has 2 heterocycles. The van der Waals surface area contributed by atoms with E-state index >= 15 is 0 Å². The van der Waals surface area contributed by atoms with Gasteiger partial charge in [-0.2, -0.15) is 0 Å². The van der Waals surface area contributed by atoms with Crippen LogP contribution in [-0.2, 0) is 24.0 Å². The number of alkyl halides is 1. The smallest absolute Gasteiger partial charge is 0.245 e. The number of amides is 5. The summed E-state index contributed by atoms with van der Waals surface area (Å²) in [5.74, 6) is -2.83. The summed E-state index contributed by atoms with van der Waals surface area (Å²) in [7, 11) is 0. The third-order valence-corrected chi connectivity index (χ3v) is 6.96. The molecule has 5 amide bonds. The Morgan fingerprint density at radius 3 is 2.11 bits per heavy atom. The summed E-state index contributed by atoms with van der Waals surface area (Å²) >= 11 is 6.31. The highest BCUT2D eigenvalue weighted by Crippen LogP contribution is 2.24. The summed E-state index contributed by atoms with van der Waals surface area (Å²) in [6.07, 6.45) is 0.491. The summed E-state index contributed by atoms with van der Waals surface area (Å²) in [6, 6.07) is 3.88. The Kier molecular flexibility index (Phi) is 9.87. The predicted octanol–water partition coefficient (Wildman–Crippen LogP) is -0.277. The second-order valence-corrected chi connectivity index (χ2v) is 9.87. The van der Waals surface area contributed by atoms with Gasteiger partial charge in [-0.1, -0.05) is 44.2 Å². The number of hydrogen-bond acceptors (Lipinski definition) is 6. The molecule has 3 rings (SSSR count). The number of halogens is 1. The lowest BCUT2D eigenvalue weighted by molar-refractivity contribution is -0.142. The zero-order valence-electron chi connectivity index (χ0n) is 20.9. The zero-order valence-corrected chi connectivity index (χ0v) is 21.7. The number of carbonyl (C=O) groups excluding carboxylic acids is 5. The van der Waals surface area contributed by atoms with Gasteiger partial charge >= 0.3 is 0 Å². The van der Waals surface area contributed by atoms with Crippen molar-refractivity contribution in [1.29, 1.82) is 0 Å². The summed E-state index contributed by atoms with van der Waals surface area (Å²) in [4.78, 5) is 66.8. The van der Waals surface area contributed by atoms with Crippen LogP contribution in [0.4, 0.5) is 0 Å². The van der Waals surface area contributed by atoms with Gasteiger partial charge in [-0.05, 0) is 24.8 Å². The minimum atomic E-state index is -1.30. The van der Waals surface area contributed by atoms with Crippen LogP contribution in [0.25, 0.3) is 0 Å². The standard InChI is InChI=1S/C25H34ClN5O6/c1-3-16-22(34)30-19(13-32)23(35)29-18(14-8-6-5-7-9-14)11-21(33)27-17(4-2)25(37)31-12-15(26)10-20(31)24(36)28-16/h5-9,15-20,32H,3-4,10-13H2,1-2H3,(H,27,33)(H,28,36)(H,29,35)(H,30,34). The Morgan fingerprint density at radius 2 is 1.49 bits per heavy atom. The number of aliphatic hydroxyl groups is 1. The number of fused-ring (bicyclic) bond motifs is 1. The van der Waals surface area contributed by atoms with E-state index in [2.05, 4.69) is 21.3 Å². The van der Waals surface area contributed by atoms with Crippen molar-refractivity contribution < 1.29 is 29.1 Å². The number of nitrogens with one attached hydrogen (secondary N) is 4. The number of hydrogen-bond donors (Lipinski definition) is 5. The molecule has 6 atom stereocenters. The molecule has 2 fully saturated rings. The summed E-state index contributed by atoms with van der Waals surface area (Å²) in [6.45, 7) is 2.87. The lowest BCUT2D eigenvalue weighted by atomic mass is 10.0. The Labute approximate surface area is 220 Å². The molecule has 1 aromatic carbocycles. The minimum Gasteiger partial charge on any atom is -0.394 e. The lowest BCUT2D eigenvalue weighted by Crippen LogP contribution is -2.59. The van der Waals surface area contributed by atoms with Crippen molar-refractivity contribution in [3.8, 4) is 0 Å². The van der Waals surface area contributed by atoms with Gasteiger partial charge in [-0.15, -0.1) is 11.6 Å². The van der Waals surface area contributed by atoms with E-state index in [9.17, 15) is 29.1 Å². The van der Waals surface area contributed by atoms with E-state index in [1.165, 1.54) is 4.90 Å². The van der Waals surface area contributed by atoms with Crippen molar-refractivity contribution in [1.82, 2.24) is 26.2 Å². The first-order chi connectivity index (χ1) is 17.7. The predicted molar refractivity (Wildman–Crippen MR) is 135 cm³/mol. The van der Waals surface area contributed by atoms with Gasteiger partial charge in [0.2, 0.25) is 29.5 Å². The van der Waals surface area contributed by atoms with Crippen LogP contribution in [0.1, 0.15) is 51.1 Å². The van der Waals surface area contributed by atoms with Crippen molar-refractivity contribution in [2.24, 2.45) is 0 Å². The first-order valence-electron chi connectivity index (χ1n) is 12.5. The molecule has 37 heavy (non-hydrogen) atoms. The summed E-state index contributed by atoms with van der Waals surface area (Å²) in [5.41, 5.74) is 0.637. The number of aliphatic hydroxyl groups excluding tert-OH is 1.